The van der Waals surface area contributed by atoms with Crippen molar-refractivity contribution in [2.45, 2.75) is 0 Å². The highest BCUT2D eigenvalue weighted by atomic mass is 35.5. The van der Waals surface area contributed by atoms with E-state index in [4.69, 9.17) is 174 Å². The van der Waals surface area contributed by atoms with E-state index in [1.54, 1.807) is 0 Å². The van der Waals surface area contributed by atoms with Crippen molar-refractivity contribution in [2.24, 2.45) is 0 Å². The highest BCUT2D eigenvalue weighted by Gasteiger charge is 2.38. The number of carbonyl (C=O) groups is 1. The summed E-state index contributed by atoms with van der Waals surface area (Å²) in [7, 11) is 0. The third-order valence-corrected chi connectivity index (χ3v) is 11.1. The van der Waals surface area contributed by atoms with Crippen molar-refractivity contribution in [1.29, 1.82) is 0 Å². The molecule has 0 aliphatic rings. The van der Waals surface area contributed by atoms with E-state index < -0.39 is 5.24 Å². The first kappa shape index (κ1) is 32.2. The van der Waals surface area contributed by atoms with Crippen LogP contribution in [0.3, 0.4) is 0 Å². The lowest BCUT2D eigenvalue weighted by molar-refractivity contribution is 0.108. The van der Waals surface area contributed by atoms with E-state index in [0.29, 0.717) is 0 Å². The molecule has 16 heteroatoms. The molecule has 0 N–H and O–H groups in total. The van der Waals surface area contributed by atoms with Crippen molar-refractivity contribution in [2.75, 3.05) is 0 Å². The molecular formula is C20Cl15O. The first-order valence-corrected chi connectivity index (χ1v) is 14.2. The Hall–Kier alpha value is 1.68. The van der Waals surface area contributed by atoms with E-state index in [0.717, 1.165) is 0 Å². The Morgan fingerprint density at radius 3 is 0.694 bits per heavy atom. The highest BCUT2D eigenvalue weighted by molar-refractivity contribution is 6.71. The number of halogens is 15. The first-order valence-electron chi connectivity index (χ1n) is 8.54. The number of hydrogen-bond acceptors (Lipinski definition) is 1. The van der Waals surface area contributed by atoms with E-state index in [1.165, 1.54) is 0 Å². The van der Waals surface area contributed by atoms with Crippen molar-refractivity contribution < 1.29 is 4.79 Å². The molecule has 0 spiro atoms. The van der Waals surface area contributed by atoms with E-state index in [1.807, 2.05) is 0 Å². The lowest BCUT2D eigenvalue weighted by atomic mass is 9.84. The topological polar surface area (TPSA) is 17.1 Å². The van der Waals surface area contributed by atoms with Gasteiger partial charge in [0.15, 0.2) is 0 Å². The number of benzene rings is 3. The molecular weight excluding hydrogens is 788 g/mol. The average molecular weight is 788 g/mol. The minimum atomic E-state index is -1.04. The molecule has 0 saturated heterocycles. The standard InChI is InChI=1S/C20Cl15O/c21-6-2(7(22)13(28)5(12(6)27)20(35)36)1(3-8(23)14(29)18(33)15(30)9(3)24)4-10(25)16(31)19(34)17(32)11(4)26. The van der Waals surface area contributed by atoms with Gasteiger partial charge in [0.25, 0.3) is 5.24 Å². The molecule has 0 unspecified atom stereocenters. The van der Waals surface area contributed by atoms with Crippen LogP contribution in [0.25, 0.3) is 0 Å². The van der Waals surface area contributed by atoms with Gasteiger partial charge in [0, 0.05) is 16.7 Å². The SMILES string of the molecule is O=C(Cl)c1c(Cl)c(Cl)c([C](c2c(Cl)c(Cl)c(Cl)c(Cl)c2Cl)c2c(Cl)c(Cl)c(Cl)c(Cl)c2Cl)c(Cl)c1Cl. The van der Waals surface area contributed by atoms with Crippen molar-refractivity contribution in [3.63, 3.8) is 0 Å². The normalized spacial score (nSPS) is 11.6. The summed E-state index contributed by atoms with van der Waals surface area (Å²) in [6.07, 6.45) is 0. The van der Waals surface area contributed by atoms with Gasteiger partial charge in [0.05, 0.1) is 81.8 Å². The van der Waals surface area contributed by atoms with Crippen LogP contribution in [0, 0.1) is 5.92 Å². The van der Waals surface area contributed by atoms with Crippen LogP contribution in [0.2, 0.25) is 70.3 Å². The van der Waals surface area contributed by atoms with Crippen molar-refractivity contribution in [1.82, 2.24) is 0 Å². The summed E-state index contributed by atoms with van der Waals surface area (Å²) < 4.78 is 0. The Bertz CT molecular complexity index is 1310. The molecule has 36 heavy (non-hydrogen) atoms. The lowest BCUT2D eigenvalue weighted by Gasteiger charge is -2.27. The fourth-order valence-electron chi connectivity index (χ4n) is 3.05. The zero-order chi connectivity index (χ0) is 27.5. The quantitative estimate of drug-likeness (QED) is 0.111. The van der Waals surface area contributed by atoms with Crippen molar-refractivity contribution in [3.05, 3.63) is 98.5 Å². The van der Waals surface area contributed by atoms with Gasteiger partial charge in [-0.15, -0.1) is 0 Å². The van der Waals surface area contributed by atoms with Gasteiger partial charge in [-0.05, 0) is 11.6 Å². The molecule has 3 aromatic rings. The number of rotatable bonds is 4. The van der Waals surface area contributed by atoms with E-state index in [2.05, 4.69) is 0 Å². The third-order valence-electron chi connectivity index (χ3n) is 4.63. The molecule has 0 saturated carbocycles. The largest absolute Gasteiger partial charge is 0.275 e. The summed E-state index contributed by atoms with van der Waals surface area (Å²) in [4.78, 5) is 12.0. The lowest BCUT2D eigenvalue weighted by Crippen LogP contribution is -2.12. The van der Waals surface area contributed by atoms with Gasteiger partial charge in [0.1, 0.15) is 0 Å². The maximum Gasteiger partial charge on any atom is 0.255 e. The summed E-state index contributed by atoms with van der Waals surface area (Å²) in [6.45, 7) is 0. The van der Waals surface area contributed by atoms with Crippen LogP contribution in [0.15, 0.2) is 0 Å². The monoisotopic (exact) mass is 781 g/mol. The minimum absolute atomic E-state index is 0.114. The molecule has 0 aromatic heterocycles. The fraction of sp³-hybridized carbons (Fsp3) is 0. The molecule has 0 aliphatic heterocycles. The molecule has 0 bridgehead atoms. The highest BCUT2D eigenvalue weighted by Crippen LogP contribution is 2.57. The van der Waals surface area contributed by atoms with Crippen LogP contribution in [0.5, 0.6) is 0 Å². The molecule has 0 atom stereocenters. The maximum absolute atomic E-state index is 12.0. The summed E-state index contributed by atoms with van der Waals surface area (Å²) in [5, 5.41) is -4.42. The Balaban J connectivity index is 2.69. The van der Waals surface area contributed by atoms with Gasteiger partial charge < -0.3 is 0 Å². The zero-order valence-corrected chi connectivity index (χ0v) is 27.4. The van der Waals surface area contributed by atoms with Crippen LogP contribution >= 0.6 is 174 Å². The van der Waals surface area contributed by atoms with Gasteiger partial charge in [-0.2, -0.15) is 0 Å². The zero-order valence-electron chi connectivity index (χ0n) is 16.1. The minimum Gasteiger partial charge on any atom is -0.275 e. The van der Waals surface area contributed by atoms with Crippen LogP contribution < -0.4 is 0 Å². The van der Waals surface area contributed by atoms with Gasteiger partial charge in [-0.1, -0.05) is 162 Å². The number of hydrogen-bond donors (Lipinski definition) is 0. The second-order valence-corrected chi connectivity index (χ2v) is 12.2. The summed E-state index contributed by atoms with van der Waals surface area (Å²) in [5.74, 6) is -0.131. The Morgan fingerprint density at radius 2 is 0.472 bits per heavy atom. The average Bonchev–Trinajstić information content (AvgIpc) is 2.82. The van der Waals surface area contributed by atoms with Crippen LogP contribution in [0.4, 0.5) is 0 Å². The Labute approximate surface area is 279 Å². The Kier molecular flexibility index (Phi) is 11.0. The smallest absolute Gasteiger partial charge is 0.255 e. The van der Waals surface area contributed by atoms with Gasteiger partial charge in [-0.3, -0.25) is 4.79 Å². The van der Waals surface area contributed by atoms with Gasteiger partial charge >= 0.3 is 0 Å². The van der Waals surface area contributed by atoms with Gasteiger partial charge in [0.2, 0.25) is 0 Å². The molecule has 0 amide bonds. The third kappa shape index (κ3) is 5.34. The fourth-order valence-corrected chi connectivity index (χ4v) is 7.20. The summed E-state index contributed by atoms with van der Waals surface area (Å²) >= 11 is 95.3. The molecule has 0 heterocycles. The first-order chi connectivity index (χ1) is 16.6. The Morgan fingerprint density at radius 1 is 0.306 bits per heavy atom. The van der Waals surface area contributed by atoms with E-state index >= 15 is 0 Å². The van der Waals surface area contributed by atoms with Crippen molar-refractivity contribution in [3.8, 4) is 0 Å². The maximum atomic E-state index is 12.0. The van der Waals surface area contributed by atoms with Gasteiger partial charge in [-0.25, -0.2) is 0 Å². The predicted molar refractivity (Wildman–Crippen MR) is 160 cm³/mol. The molecule has 1 radical (unpaired) electrons. The van der Waals surface area contributed by atoms with Crippen LogP contribution in [0.1, 0.15) is 27.0 Å². The van der Waals surface area contributed by atoms with Crippen LogP contribution in [-0.4, -0.2) is 5.24 Å². The van der Waals surface area contributed by atoms with E-state index in [-0.39, 0.29) is 98.5 Å². The van der Waals surface area contributed by atoms with E-state index in [9.17, 15) is 4.79 Å². The molecule has 1 nitrogen and oxygen atoms in total. The second kappa shape index (κ2) is 12.3. The summed E-state index contributed by atoms with van der Waals surface area (Å²) in [6, 6.07) is 0. The molecule has 0 aliphatic carbocycles. The van der Waals surface area contributed by atoms with Crippen LogP contribution in [-0.2, 0) is 0 Å². The second-order valence-electron chi connectivity index (χ2n) is 6.54. The number of carbonyl (C=O) groups excluding carboxylic acids is 1. The molecule has 3 rings (SSSR count). The predicted octanol–water partition coefficient (Wildman–Crippen LogP) is 14.2. The summed E-state index contributed by atoms with van der Waals surface area (Å²) in [5.41, 5.74) is -0.757. The molecule has 3 aromatic carbocycles. The van der Waals surface area contributed by atoms with Crippen molar-refractivity contribution >= 4 is 179 Å². The molecule has 0 fully saturated rings. The molecule has 191 valence electrons.